The van der Waals surface area contributed by atoms with Gasteiger partial charge in [0.25, 0.3) is 5.56 Å². The van der Waals surface area contributed by atoms with Crippen LogP contribution < -0.4 is 5.56 Å². The van der Waals surface area contributed by atoms with Gasteiger partial charge in [0.2, 0.25) is 0 Å². The first-order chi connectivity index (χ1) is 12.4. The lowest BCUT2D eigenvalue weighted by Crippen LogP contribution is -2.23. The molecule has 1 N–H and O–H groups in total. The number of halogens is 1. The number of hydrogen-bond acceptors (Lipinski definition) is 4. The number of nitrogens with one attached hydrogen (secondary N) is 1. The molecule has 0 saturated carbocycles. The van der Waals surface area contributed by atoms with Crippen LogP contribution in [0.1, 0.15) is 30.3 Å². The molecule has 0 fully saturated rings. The summed E-state index contributed by atoms with van der Waals surface area (Å²) in [4.78, 5) is 29.0. The smallest absolute Gasteiger partial charge is 0.306 e. The quantitative estimate of drug-likeness (QED) is 0.712. The maximum Gasteiger partial charge on any atom is 0.306 e. The Hall–Kier alpha value is -2.96. The Morgan fingerprint density at radius 2 is 1.96 bits per heavy atom. The third-order valence-corrected chi connectivity index (χ3v) is 4.28. The number of fused-ring (bicyclic) bond motifs is 1. The summed E-state index contributed by atoms with van der Waals surface area (Å²) in [7, 11) is 0. The van der Waals surface area contributed by atoms with Crippen molar-refractivity contribution in [3.05, 3.63) is 57.4 Å². The van der Waals surface area contributed by atoms with Crippen LogP contribution >= 0.6 is 0 Å². The number of esters is 1. The SMILES string of the molecule is CCOC(=O)CCc1c(C)nc2c(-c3ccc(F)cc3)c(C)[nH]n2c1=O. The Balaban J connectivity index is 2.07. The topological polar surface area (TPSA) is 76.5 Å². The molecule has 7 heteroatoms. The first-order valence-corrected chi connectivity index (χ1v) is 8.44. The molecule has 3 rings (SSSR count). The first kappa shape index (κ1) is 17.8. The van der Waals surface area contributed by atoms with Crippen molar-refractivity contribution < 1.29 is 13.9 Å². The highest BCUT2D eigenvalue weighted by Gasteiger charge is 2.18. The molecule has 0 bridgehead atoms. The molecule has 6 nitrogen and oxygen atoms in total. The van der Waals surface area contributed by atoms with E-state index in [1.54, 1.807) is 26.0 Å². The Kier molecular flexibility index (Phi) is 4.88. The summed E-state index contributed by atoms with van der Waals surface area (Å²) < 4.78 is 19.5. The number of H-pyrrole nitrogens is 1. The highest BCUT2D eigenvalue weighted by Crippen LogP contribution is 2.27. The normalized spacial score (nSPS) is 11.1. The lowest BCUT2D eigenvalue weighted by atomic mass is 10.1. The largest absolute Gasteiger partial charge is 0.466 e. The molecule has 0 atom stereocenters. The predicted octanol–water partition coefficient (Wildman–Crippen LogP) is 2.94. The molecule has 0 saturated heterocycles. The first-order valence-electron chi connectivity index (χ1n) is 8.44. The molecule has 0 aliphatic rings. The molecule has 0 aliphatic carbocycles. The van der Waals surface area contributed by atoms with E-state index in [9.17, 15) is 14.0 Å². The molecule has 3 aromatic rings. The monoisotopic (exact) mass is 357 g/mol. The van der Waals surface area contributed by atoms with Crippen LogP contribution in [-0.4, -0.2) is 27.2 Å². The van der Waals surface area contributed by atoms with Gasteiger partial charge < -0.3 is 4.74 Å². The molecule has 0 unspecified atom stereocenters. The number of ether oxygens (including phenoxy) is 1. The number of carbonyl (C=O) groups excluding carboxylic acids is 1. The van der Waals surface area contributed by atoms with Crippen LogP contribution in [0.5, 0.6) is 0 Å². The molecule has 0 aliphatic heterocycles. The van der Waals surface area contributed by atoms with E-state index in [2.05, 4.69) is 10.1 Å². The van der Waals surface area contributed by atoms with E-state index in [1.165, 1.54) is 16.6 Å². The summed E-state index contributed by atoms with van der Waals surface area (Å²) in [5, 5.41) is 3.02. The Bertz CT molecular complexity index is 1020. The third-order valence-electron chi connectivity index (χ3n) is 4.28. The lowest BCUT2D eigenvalue weighted by molar-refractivity contribution is -0.143. The van der Waals surface area contributed by atoms with Crippen molar-refractivity contribution >= 4 is 11.6 Å². The van der Waals surface area contributed by atoms with Gasteiger partial charge in [0, 0.05) is 28.9 Å². The van der Waals surface area contributed by atoms with Crippen molar-refractivity contribution in [2.75, 3.05) is 6.61 Å². The van der Waals surface area contributed by atoms with Gasteiger partial charge in [0.1, 0.15) is 5.82 Å². The van der Waals surface area contributed by atoms with Gasteiger partial charge in [-0.1, -0.05) is 12.1 Å². The minimum Gasteiger partial charge on any atom is -0.466 e. The van der Waals surface area contributed by atoms with Gasteiger partial charge in [0.05, 0.1) is 6.61 Å². The van der Waals surface area contributed by atoms with Crippen LogP contribution in [-0.2, 0) is 16.0 Å². The summed E-state index contributed by atoms with van der Waals surface area (Å²) in [6.45, 7) is 5.63. The van der Waals surface area contributed by atoms with Crippen LogP contribution in [0.15, 0.2) is 29.1 Å². The fourth-order valence-electron chi connectivity index (χ4n) is 3.04. The van der Waals surface area contributed by atoms with Gasteiger partial charge in [0.15, 0.2) is 5.65 Å². The Morgan fingerprint density at radius 3 is 2.62 bits per heavy atom. The lowest BCUT2D eigenvalue weighted by Gasteiger charge is -2.06. The summed E-state index contributed by atoms with van der Waals surface area (Å²) in [6, 6.07) is 6.05. The number of hydrogen-bond donors (Lipinski definition) is 1. The summed E-state index contributed by atoms with van der Waals surface area (Å²) in [5.74, 6) is -0.667. The van der Waals surface area contributed by atoms with Gasteiger partial charge in [-0.2, -0.15) is 0 Å². The van der Waals surface area contributed by atoms with E-state index in [0.29, 0.717) is 23.5 Å². The molecule has 26 heavy (non-hydrogen) atoms. The molecule has 0 radical (unpaired) electrons. The van der Waals surface area contributed by atoms with Gasteiger partial charge >= 0.3 is 5.97 Å². The van der Waals surface area contributed by atoms with Crippen molar-refractivity contribution in [3.63, 3.8) is 0 Å². The average Bonchev–Trinajstić information content (AvgIpc) is 2.92. The van der Waals surface area contributed by atoms with Crippen molar-refractivity contribution in [2.45, 2.75) is 33.6 Å². The van der Waals surface area contributed by atoms with Gasteiger partial charge in [-0.15, -0.1) is 0 Å². The number of aryl methyl sites for hydroxylation is 2. The Morgan fingerprint density at radius 1 is 1.27 bits per heavy atom. The number of benzene rings is 1. The third kappa shape index (κ3) is 3.24. The highest BCUT2D eigenvalue weighted by molar-refractivity contribution is 5.79. The molecular weight excluding hydrogens is 337 g/mol. The van der Waals surface area contributed by atoms with E-state index >= 15 is 0 Å². The fourth-order valence-corrected chi connectivity index (χ4v) is 3.04. The molecule has 0 amide bonds. The molecule has 2 aromatic heterocycles. The Labute approximate surface area is 149 Å². The minimum atomic E-state index is -0.342. The average molecular weight is 357 g/mol. The summed E-state index contributed by atoms with van der Waals surface area (Å²) >= 11 is 0. The van der Waals surface area contributed by atoms with Crippen molar-refractivity contribution in [1.29, 1.82) is 0 Å². The number of aromatic nitrogens is 3. The molecular formula is C19H20FN3O3. The van der Waals surface area contributed by atoms with Crippen LogP contribution in [0.25, 0.3) is 16.8 Å². The zero-order chi connectivity index (χ0) is 18.8. The number of nitrogens with zero attached hydrogens (tertiary/aromatic N) is 2. The fraction of sp³-hybridized carbons (Fsp3) is 0.316. The van der Waals surface area contributed by atoms with Gasteiger partial charge in [-0.05, 0) is 44.9 Å². The maximum atomic E-state index is 13.2. The van der Waals surface area contributed by atoms with Gasteiger partial charge in [-0.25, -0.2) is 13.9 Å². The number of carbonyl (C=O) groups is 1. The van der Waals surface area contributed by atoms with E-state index in [4.69, 9.17) is 4.74 Å². The highest BCUT2D eigenvalue weighted by atomic mass is 19.1. The molecule has 136 valence electrons. The number of aromatic amines is 1. The van der Waals surface area contributed by atoms with Crippen LogP contribution in [0, 0.1) is 19.7 Å². The second kappa shape index (κ2) is 7.11. The zero-order valence-corrected chi connectivity index (χ0v) is 14.9. The summed E-state index contributed by atoms with van der Waals surface area (Å²) in [5.41, 5.74) is 3.56. The minimum absolute atomic E-state index is 0.127. The predicted molar refractivity (Wildman–Crippen MR) is 95.6 cm³/mol. The second-order valence-electron chi connectivity index (χ2n) is 6.06. The van der Waals surface area contributed by atoms with Crippen LogP contribution in [0.4, 0.5) is 4.39 Å². The van der Waals surface area contributed by atoms with E-state index in [-0.39, 0.29) is 30.2 Å². The van der Waals surface area contributed by atoms with Crippen molar-refractivity contribution in [1.82, 2.24) is 14.6 Å². The van der Waals surface area contributed by atoms with Gasteiger partial charge in [-0.3, -0.25) is 14.7 Å². The maximum absolute atomic E-state index is 13.2. The molecule has 0 spiro atoms. The van der Waals surface area contributed by atoms with Crippen LogP contribution in [0.2, 0.25) is 0 Å². The van der Waals surface area contributed by atoms with E-state index in [0.717, 1.165) is 16.8 Å². The molecule has 2 heterocycles. The van der Waals surface area contributed by atoms with Crippen molar-refractivity contribution in [2.24, 2.45) is 0 Å². The van der Waals surface area contributed by atoms with E-state index in [1.807, 2.05) is 6.92 Å². The van der Waals surface area contributed by atoms with Crippen LogP contribution in [0.3, 0.4) is 0 Å². The second-order valence-corrected chi connectivity index (χ2v) is 6.06. The summed E-state index contributed by atoms with van der Waals surface area (Å²) in [6.07, 6.45) is 0.394. The standard InChI is InChI=1S/C19H20FN3O3/c1-4-26-16(24)10-9-15-11(2)21-18-17(12(3)22-23(18)19(15)25)13-5-7-14(20)8-6-13/h5-8,22H,4,9-10H2,1-3H3. The number of rotatable bonds is 5. The van der Waals surface area contributed by atoms with Crippen molar-refractivity contribution in [3.8, 4) is 11.1 Å². The molecule has 1 aromatic carbocycles. The van der Waals surface area contributed by atoms with E-state index < -0.39 is 0 Å². The zero-order valence-electron chi connectivity index (χ0n) is 14.9.